The van der Waals surface area contributed by atoms with Crippen molar-refractivity contribution in [2.24, 2.45) is 0 Å². The largest absolute Gasteiger partial charge is 0.496 e. The predicted molar refractivity (Wildman–Crippen MR) is 84.5 cm³/mol. The van der Waals surface area contributed by atoms with Crippen LogP contribution in [0.3, 0.4) is 0 Å². The minimum Gasteiger partial charge on any atom is -0.496 e. The lowest BCUT2D eigenvalue weighted by molar-refractivity contribution is 0.415. The first kappa shape index (κ1) is 14.4. The Bertz CT molecular complexity index is 594. The Morgan fingerprint density at radius 3 is 2.70 bits per heavy atom. The van der Waals surface area contributed by atoms with Gasteiger partial charge in [0.05, 0.1) is 12.8 Å². The second-order valence-electron chi connectivity index (χ2n) is 5.02. The second kappa shape index (κ2) is 6.42. The maximum atomic E-state index is 5.52. The van der Waals surface area contributed by atoms with E-state index in [1.54, 1.807) is 7.11 Å². The number of ether oxygens (including phenoxy) is 1. The second-order valence-corrected chi connectivity index (χ2v) is 5.02. The molecule has 1 aromatic heterocycles. The summed E-state index contributed by atoms with van der Waals surface area (Å²) in [4.78, 5) is 4.50. The van der Waals surface area contributed by atoms with E-state index < -0.39 is 0 Å². The van der Waals surface area contributed by atoms with Crippen molar-refractivity contribution in [2.75, 3.05) is 19.0 Å². The third kappa shape index (κ3) is 3.10. The van der Waals surface area contributed by atoms with E-state index in [4.69, 9.17) is 4.74 Å². The van der Waals surface area contributed by atoms with Gasteiger partial charge in [0, 0.05) is 24.0 Å². The molecule has 3 nitrogen and oxygen atoms in total. The third-order valence-electron chi connectivity index (χ3n) is 3.26. The summed E-state index contributed by atoms with van der Waals surface area (Å²) in [5.74, 6) is 0.877. The van der Waals surface area contributed by atoms with Crippen molar-refractivity contribution >= 4 is 5.69 Å². The number of pyridine rings is 1. The minimum absolute atomic E-state index is 0.877. The van der Waals surface area contributed by atoms with Gasteiger partial charge in [-0.3, -0.25) is 4.98 Å². The number of nitrogens with zero attached hydrogens (tertiary/aromatic N) is 1. The molecule has 0 spiro atoms. The van der Waals surface area contributed by atoms with Gasteiger partial charge in [0.1, 0.15) is 5.75 Å². The van der Waals surface area contributed by atoms with Crippen molar-refractivity contribution in [3.63, 3.8) is 0 Å². The maximum Gasteiger partial charge on any atom is 0.128 e. The summed E-state index contributed by atoms with van der Waals surface area (Å²) in [5.41, 5.74) is 5.49. The van der Waals surface area contributed by atoms with E-state index in [0.717, 1.165) is 35.7 Å². The maximum absolute atomic E-state index is 5.52. The number of rotatable bonds is 5. The fraction of sp³-hybridized carbons (Fsp3) is 0.353. The summed E-state index contributed by atoms with van der Waals surface area (Å²) in [6.07, 6.45) is 2.94. The Labute approximate surface area is 121 Å². The fourth-order valence-corrected chi connectivity index (χ4v) is 2.36. The lowest BCUT2D eigenvalue weighted by atomic mass is 10.0. The molecular formula is C17H22N2O. The molecule has 1 aromatic carbocycles. The van der Waals surface area contributed by atoms with Gasteiger partial charge in [-0.15, -0.1) is 0 Å². The molecule has 2 rings (SSSR count). The number of aromatic nitrogens is 1. The van der Waals surface area contributed by atoms with Gasteiger partial charge < -0.3 is 10.1 Å². The summed E-state index contributed by atoms with van der Waals surface area (Å²) in [5, 5.41) is 3.39. The molecule has 0 radical (unpaired) electrons. The first-order chi connectivity index (χ1) is 9.65. The van der Waals surface area contributed by atoms with Gasteiger partial charge in [-0.05, 0) is 49.6 Å². The first-order valence-electron chi connectivity index (χ1n) is 7.01. The van der Waals surface area contributed by atoms with Crippen molar-refractivity contribution in [2.45, 2.75) is 27.2 Å². The lowest BCUT2D eigenvalue weighted by Crippen LogP contribution is -2.01. The van der Waals surface area contributed by atoms with Crippen molar-refractivity contribution in [3.8, 4) is 17.0 Å². The van der Waals surface area contributed by atoms with Crippen molar-refractivity contribution in [1.29, 1.82) is 0 Å². The summed E-state index contributed by atoms with van der Waals surface area (Å²) in [6.45, 7) is 7.29. The first-order valence-corrected chi connectivity index (χ1v) is 7.01. The van der Waals surface area contributed by atoms with E-state index in [2.05, 4.69) is 49.3 Å². The van der Waals surface area contributed by atoms with E-state index in [1.807, 2.05) is 12.3 Å². The highest BCUT2D eigenvalue weighted by Crippen LogP contribution is 2.33. The molecule has 0 amide bonds. The minimum atomic E-state index is 0.877. The molecule has 0 aliphatic heterocycles. The number of aryl methyl sites for hydroxylation is 2. The quantitative estimate of drug-likeness (QED) is 0.884. The van der Waals surface area contributed by atoms with Gasteiger partial charge in [0.2, 0.25) is 0 Å². The Hall–Kier alpha value is -2.03. The third-order valence-corrected chi connectivity index (χ3v) is 3.26. The number of anilines is 1. The van der Waals surface area contributed by atoms with Crippen molar-refractivity contribution < 1.29 is 4.74 Å². The molecule has 0 fully saturated rings. The highest BCUT2D eigenvalue weighted by Gasteiger charge is 2.11. The normalized spacial score (nSPS) is 10.4. The summed E-state index contributed by atoms with van der Waals surface area (Å²) < 4.78 is 5.52. The van der Waals surface area contributed by atoms with Gasteiger partial charge in [-0.2, -0.15) is 0 Å². The highest BCUT2D eigenvalue weighted by atomic mass is 16.5. The molecule has 0 aliphatic carbocycles. The lowest BCUT2D eigenvalue weighted by Gasteiger charge is -2.13. The zero-order chi connectivity index (χ0) is 14.5. The SMILES string of the molecule is CCCNc1ccnc(-c2c(C)cc(C)cc2OC)c1. The van der Waals surface area contributed by atoms with Crippen LogP contribution < -0.4 is 10.1 Å². The highest BCUT2D eigenvalue weighted by molar-refractivity contribution is 5.73. The molecule has 0 saturated carbocycles. The van der Waals surface area contributed by atoms with Crippen LogP contribution in [0.4, 0.5) is 5.69 Å². The van der Waals surface area contributed by atoms with Gasteiger partial charge in [-0.25, -0.2) is 0 Å². The summed E-state index contributed by atoms with van der Waals surface area (Å²) in [7, 11) is 1.71. The Balaban J connectivity index is 2.45. The van der Waals surface area contributed by atoms with E-state index in [9.17, 15) is 0 Å². The monoisotopic (exact) mass is 270 g/mol. The van der Waals surface area contributed by atoms with Gasteiger partial charge in [0.15, 0.2) is 0 Å². The van der Waals surface area contributed by atoms with Gasteiger partial charge >= 0.3 is 0 Å². The average molecular weight is 270 g/mol. The van der Waals surface area contributed by atoms with Crippen LogP contribution in [-0.4, -0.2) is 18.6 Å². The molecule has 1 heterocycles. The van der Waals surface area contributed by atoms with Crippen LogP contribution in [0.5, 0.6) is 5.75 Å². The number of hydrogen-bond donors (Lipinski definition) is 1. The molecule has 0 unspecified atom stereocenters. The zero-order valence-electron chi connectivity index (χ0n) is 12.7. The van der Waals surface area contributed by atoms with Crippen LogP contribution in [0.1, 0.15) is 24.5 Å². The summed E-state index contributed by atoms with van der Waals surface area (Å²) >= 11 is 0. The predicted octanol–water partition coefficient (Wildman–Crippen LogP) is 4.20. The topological polar surface area (TPSA) is 34.2 Å². The van der Waals surface area contributed by atoms with Crippen LogP contribution in [0.25, 0.3) is 11.3 Å². The molecule has 20 heavy (non-hydrogen) atoms. The molecule has 0 bridgehead atoms. The number of nitrogens with one attached hydrogen (secondary N) is 1. The van der Waals surface area contributed by atoms with Crippen LogP contribution in [0.15, 0.2) is 30.5 Å². The fourth-order valence-electron chi connectivity index (χ4n) is 2.36. The molecule has 3 heteroatoms. The van der Waals surface area contributed by atoms with Crippen molar-refractivity contribution in [1.82, 2.24) is 4.98 Å². The van der Waals surface area contributed by atoms with Crippen LogP contribution in [-0.2, 0) is 0 Å². The van der Waals surface area contributed by atoms with E-state index in [-0.39, 0.29) is 0 Å². The van der Waals surface area contributed by atoms with E-state index >= 15 is 0 Å². The molecule has 0 atom stereocenters. The Morgan fingerprint density at radius 1 is 1.20 bits per heavy atom. The molecule has 0 saturated heterocycles. The number of methoxy groups -OCH3 is 1. The van der Waals surface area contributed by atoms with E-state index in [1.165, 1.54) is 11.1 Å². The molecular weight excluding hydrogens is 248 g/mol. The molecule has 1 N–H and O–H groups in total. The molecule has 106 valence electrons. The van der Waals surface area contributed by atoms with Crippen LogP contribution >= 0.6 is 0 Å². The van der Waals surface area contributed by atoms with Gasteiger partial charge in [-0.1, -0.05) is 13.0 Å². The smallest absolute Gasteiger partial charge is 0.128 e. The van der Waals surface area contributed by atoms with Gasteiger partial charge in [0.25, 0.3) is 0 Å². The summed E-state index contributed by atoms with van der Waals surface area (Å²) in [6, 6.07) is 8.28. The van der Waals surface area contributed by atoms with Crippen LogP contribution in [0.2, 0.25) is 0 Å². The number of benzene rings is 1. The Kier molecular flexibility index (Phi) is 4.61. The number of hydrogen-bond acceptors (Lipinski definition) is 3. The van der Waals surface area contributed by atoms with Crippen molar-refractivity contribution in [3.05, 3.63) is 41.6 Å². The average Bonchev–Trinajstić information content (AvgIpc) is 2.44. The molecule has 2 aromatic rings. The standard InChI is InChI=1S/C17H22N2O/c1-5-7-18-14-6-8-19-15(11-14)17-13(3)9-12(2)10-16(17)20-4/h6,8-11H,5,7H2,1-4H3,(H,18,19). The van der Waals surface area contributed by atoms with Crippen LogP contribution in [0, 0.1) is 13.8 Å². The molecule has 0 aliphatic rings. The Morgan fingerprint density at radius 2 is 2.00 bits per heavy atom. The zero-order valence-corrected chi connectivity index (χ0v) is 12.7. The van der Waals surface area contributed by atoms with E-state index in [0.29, 0.717) is 0 Å².